The molecule has 0 saturated carbocycles. The molecule has 0 aliphatic carbocycles. The number of urea groups is 1. The van der Waals surface area contributed by atoms with Crippen molar-refractivity contribution in [2.75, 3.05) is 13.6 Å². The molecule has 32 heavy (non-hydrogen) atoms. The summed E-state index contributed by atoms with van der Waals surface area (Å²) < 4.78 is 0. The number of hydrogen-bond acceptors (Lipinski definition) is 6. The van der Waals surface area contributed by atoms with Gasteiger partial charge in [-0.25, -0.2) is 9.69 Å². The number of hydrazone groups is 1. The molecule has 2 saturated heterocycles. The van der Waals surface area contributed by atoms with E-state index < -0.39 is 12.2 Å². The molecule has 3 aliphatic rings. The van der Waals surface area contributed by atoms with E-state index >= 15 is 0 Å². The fourth-order valence-electron chi connectivity index (χ4n) is 4.84. The molecule has 3 heterocycles. The van der Waals surface area contributed by atoms with Crippen molar-refractivity contribution in [3.05, 3.63) is 71.3 Å². The van der Waals surface area contributed by atoms with Crippen LogP contribution in [0.4, 0.5) is 4.79 Å². The van der Waals surface area contributed by atoms with Gasteiger partial charge in [0.25, 0.3) is 5.91 Å². The van der Waals surface area contributed by atoms with E-state index in [9.17, 15) is 9.59 Å². The van der Waals surface area contributed by atoms with Crippen molar-refractivity contribution in [3.8, 4) is 0 Å². The lowest BCUT2D eigenvalue weighted by Crippen LogP contribution is -2.66. The number of carbonyl (C=O) groups is 2. The second kappa shape index (κ2) is 8.03. The minimum atomic E-state index is -0.462. The van der Waals surface area contributed by atoms with Gasteiger partial charge >= 0.3 is 6.03 Å². The third-order valence-electron chi connectivity index (χ3n) is 6.53. The normalized spacial score (nSPS) is 25.7. The van der Waals surface area contributed by atoms with E-state index in [2.05, 4.69) is 29.3 Å². The lowest BCUT2D eigenvalue weighted by Gasteiger charge is -2.42. The molecule has 3 amide bonds. The summed E-state index contributed by atoms with van der Waals surface area (Å²) in [7, 11) is 1.76. The average Bonchev–Trinajstić information content (AvgIpc) is 3.17. The Morgan fingerprint density at radius 1 is 1.00 bits per heavy atom. The maximum Gasteiger partial charge on any atom is 0.328 e. The number of imide groups is 1. The zero-order chi connectivity index (χ0) is 22.4. The number of benzene rings is 2. The monoisotopic (exact) mass is 432 g/mol. The van der Waals surface area contributed by atoms with Crippen LogP contribution >= 0.6 is 0 Å². The fraction of sp³-hybridized carbons (Fsp3) is 0.375. The average molecular weight is 433 g/mol. The van der Waals surface area contributed by atoms with Crippen LogP contribution in [0.3, 0.4) is 0 Å². The van der Waals surface area contributed by atoms with Crippen molar-refractivity contribution in [2.45, 2.75) is 45.4 Å². The summed E-state index contributed by atoms with van der Waals surface area (Å²) in [6.07, 6.45) is -0.656. The summed E-state index contributed by atoms with van der Waals surface area (Å²) in [6.45, 7) is 5.54. The number of carbonyl (C=O) groups excluding carboxylic acids is 2. The van der Waals surface area contributed by atoms with Crippen molar-refractivity contribution >= 4 is 17.6 Å². The first-order chi connectivity index (χ1) is 15.4. The first kappa shape index (κ1) is 20.7. The van der Waals surface area contributed by atoms with Gasteiger partial charge < -0.3 is 4.90 Å². The van der Waals surface area contributed by atoms with E-state index in [1.165, 1.54) is 16.0 Å². The Bertz CT molecular complexity index is 1070. The number of rotatable bonds is 4. The number of amides is 3. The van der Waals surface area contributed by atoms with Crippen molar-refractivity contribution in [1.29, 1.82) is 0 Å². The van der Waals surface area contributed by atoms with Gasteiger partial charge in [0, 0.05) is 19.3 Å². The highest BCUT2D eigenvalue weighted by Crippen LogP contribution is 2.31. The van der Waals surface area contributed by atoms with Crippen LogP contribution in [-0.4, -0.2) is 69.4 Å². The zero-order valence-electron chi connectivity index (χ0n) is 18.6. The van der Waals surface area contributed by atoms with Gasteiger partial charge in [-0.05, 0) is 30.5 Å². The third kappa shape index (κ3) is 3.45. The number of hydrogen-bond donors (Lipinski definition) is 1. The van der Waals surface area contributed by atoms with Crippen molar-refractivity contribution in [3.63, 3.8) is 0 Å². The summed E-state index contributed by atoms with van der Waals surface area (Å²) in [5.41, 5.74) is 4.26. The Morgan fingerprint density at radius 3 is 2.47 bits per heavy atom. The van der Waals surface area contributed by atoms with Crippen LogP contribution < -0.4 is 5.32 Å². The largest absolute Gasteiger partial charge is 0.328 e. The molecule has 3 aliphatic heterocycles. The number of likely N-dealkylation sites (N-methyl/N-ethyl adjacent to an activating group) is 1. The van der Waals surface area contributed by atoms with Crippen molar-refractivity contribution < 1.29 is 9.59 Å². The van der Waals surface area contributed by atoms with E-state index in [1.807, 2.05) is 54.4 Å². The quantitative estimate of drug-likeness (QED) is 0.802. The first-order valence-corrected chi connectivity index (χ1v) is 10.9. The minimum absolute atomic E-state index is 0.164. The summed E-state index contributed by atoms with van der Waals surface area (Å²) in [5.74, 6) is -0.164. The standard InChI is InChI=1S/C24H28N6O2/c1-16-9-7-8-12-19(16)15-30-23-25-21-20(28(23)13-17(2)26-30)22(31)29(24(32)27(21)3)14-18-10-5-4-6-11-18/h4-12,20-21,23,25H,13-15H2,1-3H3. The van der Waals surface area contributed by atoms with Crippen LogP contribution in [0, 0.1) is 6.92 Å². The summed E-state index contributed by atoms with van der Waals surface area (Å²) >= 11 is 0. The summed E-state index contributed by atoms with van der Waals surface area (Å²) in [5, 5.41) is 10.3. The fourth-order valence-corrected chi connectivity index (χ4v) is 4.84. The Kier molecular flexibility index (Phi) is 5.19. The van der Waals surface area contributed by atoms with Crippen LogP contribution in [0.5, 0.6) is 0 Å². The molecule has 8 nitrogen and oxygen atoms in total. The Labute approximate surface area is 188 Å². The molecule has 2 aromatic carbocycles. The minimum Gasteiger partial charge on any atom is -0.310 e. The molecule has 2 fully saturated rings. The molecule has 0 spiro atoms. The van der Waals surface area contributed by atoms with Crippen LogP contribution in [0.1, 0.15) is 23.6 Å². The first-order valence-electron chi connectivity index (χ1n) is 10.9. The van der Waals surface area contributed by atoms with Gasteiger partial charge in [-0.1, -0.05) is 54.6 Å². The second-order valence-corrected chi connectivity index (χ2v) is 8.77. The SMILES string of the molecule is CC1=NN(Cc2ccccc2C)C2NC3C(C(=O)N(Cc4ccccc4)C(=O)N3C)N2C1. The molecule has 0 radical (unpaired) electrons. The Morgan fingerprint density at radius 2 is 1.72 bits per heavy atom. The van der Waals surface area contributed by atoms with Crippen LogP contribution in [0.15, 0.2) is 59.7 Å². The zero-order valence-corrected chi connectivity index (χ0v) is 18.6. The lowest BCUT2D eigenvalue weighted by molar-refractivity contribution is -0.139. The highest BCUT2D eigenvalue weighted by Gasteiger charge is 2.56. The maximum absolute atomic E-state index is 13.6. The number of fused-ring (bicyclic) bond motifs is 3. The molecule has 0 bridgehead atoms. The highest BCUT2D eigenvalue weighted by molar-refractivity contribution is 6.01. The Hall–Kier alpha value is -3.23. The van der Waals surface area contributed by atoms with Gasteiger partial charge in [0.2, 0.25) is 0 Å². The number of nitrogens with one attached hydrogen (secondary N) is 1. The highest BCUT2D eigenvalue weighted by atomic mass is 16.2. The topological polar surface area (TPSA) is 71.5 Å². The molecule has 8 heteroatoms. The molecule has 5 rings (SSSR count). The van der Waals surface area contributed by atoms with E-state index in [-0.39, 0.29) is 24.8 Å². The van der Waals surface area contributed by atoms with Gasteiger partial charge in [-0.3, -0.25) is 20.0 Å². The van der Waals surface area contributed by atoms with Gasteiger partial charge in [0.05, 0.1) is 13.1 Å². The van der Waals surface area contributed by atoms with Gasteiger partial charge in [-0.2, -0.15) is 5.10 Å². The third-order valence-corrected chi connectivity index (χ3v) is 6.53. The predicted octanol–water partition coefficient (Wildman–Crippen LogP) is 2.16. The van der Waals surface area contributed by atoms with E-state index in [1.54, 1.807) is 11.9 Å². The molecule has 0 aromatic heterocycles. The second-order valence-electron chi connectivity index (χ2n) is 8.77. The molecule has 1 N–H and O–H groups in total. The van der Waals surface area contributed by atoms with Crippen molar-refractivity contribution in [2.24, 2.45) is 5.10 Å². The lowest BCUT2D eigenvalue weighted by atomic mass is 10.1. The van der Waals surface area contributed by atoms with Crippen LogP contribution in [-0.2, 0) is 17.9 Å². The molecule has 3 unspecified atom stereocenters. The van der Waals surface area contributed by atoms with Gasteiger partial charge in [-0.15, -0.1) is 0 Å². The summed E-state index contributed by atoms with van der Waals surface area (Å²) in [4.78, 5) is 31.8. The van der Waals surface area contributed by atoms with Gasteiger partial charge in [0.1, 0.15) is 12.2 Å². The Balaban J connectivity index is 1.43. The molecule has 166 valence electrons. The molecular formula is C24H28N6O2. The predicted molar refractivity (Wildman–Crippen MR) is 121 cm³/mol. The molecular weight excluding hydrogens is 404 g/mol. The maximum atomic E-state index is 13.6. The van der Waals surface area contributed by atoms with Crippen LogP contribution in [0.2, 0.25) is 0 Å². The smallest absolute Gasteiger partial charge is 0.310 e. The molecule has 2 aromatic rings. The van der Waals surface area contributed by atoms with Crippen molar-refractivity contribution in [1.82, 2.24) is 25.0 Å². The van der Waals surface area contributed by atoms with Gasteiger partial charge in [0.15, 0.2) is 6.29 Å². The van der Waals surface area contributed by atoms with E-state index in [0.717, 1.165) is 11.3 Å². The summed E-state index contributed by atoms with van der Waals surface area (Å²) in [6, 6.07) is 17.1. The van der Waals surface area contributed by atoms with E-state index in [0.29, 0.717) is 13.1 Å². The molecule has 3 atom stereocenters. The van der Waals surface area contributed by atoms with Crippen LogP contribution in [0.25, 0.3) is 0 Å². The van der Waals surface area contributed by atoms with E-state index in [4.69, 9.17) is 5.10 Å². The number of nitrogens with zero attached hydrogens (tertiary/aromatic N) is 5. The number of aryl methyl sites for hydroxylation is 1.